The molecule has 4 heteroatoms. The van der Waals surface area contributed by atoms with Crippen molar-refractivity contribution in [2.45, 2.75) is 120 Å². The summed E-state index contributed by atoms with van der Waals surface area (Å²) in [6, 6.07) is 8.08. The van der Waals surface area contributed by atoms with Crippen LogP contribution in [0.15, 0.2) is 24.3 Å². The van der Waals surface area contributed by atoms with Crippen molar-refractivity contribution in [3.05, 3.63) is 35.4 Å². The van der Waals surface area contributed by atoms with Gasteiger partial charge in [0.25, 0.3) is 0 Å². The monoisotopic (exact) mass is 557 g/mol. The first-order valence-corrected chi connectivity index (χ1v) is 19.6. The molecule has 0 nitrogen and oxygen atoms in total. The van der Waals surface area contributed by atoms with E-state index in [0.717, 1.165) is 5.56 Å². The van der Waals surface area contributed by atoms with Crippen LogP contribution in [0.4, 0.5) is 0 Å². The summed E-state index contributed by atoms with van der Waals surface area (Å²) in [6.07, 6.45) is 23.8. The fraction of sp³-hybridized carbons (Fsp3) is 0.731. The number of hydrogen-bond donors (Lipinski definition) is 0. The van der Waals surface area contributed by atoms with Gasteiger partial charge in [-0.2, -0.15) is 0 Å². The summed E-state index contributed by atoms with van der Waals surface area (Å²) in [6.45, 7) is 2.05. The Labute approximate surface area is 200 Å². The van der Waals surface area contributed by atoms with Crippen LogP contribution in [0.25, 0.3) is 0 Å². The van der Waals surface area contributed by atoms with Crippen molar-refractivity contribution in [2.24, 2.45) is 0 Å². The number of benzene rings is 1. The van der Waals surface area contributed by atoms with Crippen LogP contribution in [0.2, 0.25) is 0 Å². The number of rotatable bonds is 4. The van der Waals surface area contributed by atoms with Gasteiger partial charge in [-0.1, -0.05) is 19.3 Å². The van der Waals surface area contributed by atoms with Crippen LogP contribution in [0.5, 0.6) is 0 Å². The van der Waals surface area contributed by atoms with Gasteiger partial charge in [0.15, 0.2) is 0 Å². The molecular weight excluding hydrogens is 515 g/mol. The minimum absolute atomic E-state index is 0.0465. The van der Waals surface area contributed by atoms with E-state index in [1.165, 1.54) is 22.5 Å². The van der Waals surface area contributed by atoms with E-state index in [2.05, 4.69) is 13.0 Å². The van der Waals surface area contributed by atoms with Crippen LogP contribution >= 0.6 is 27.3 Å². The Kier molecular flexibility index (Phi) is 11.9. The Morgan fingerprint density at radius 1 is 0.700 bits per heavy atom. The first kappa shape index (κ1) is 25.3. The quantitative estimate of drug-likeness (QED) is 0.256. The van der Waals surface area contributed by atoms with E-state index >= 15 is 0 Å². The Balaban J connectivity index is 0.000000199. The van der Waals surface area contributed by atoms with Crippen LogP contribution in [-0.4, -0.2) is 21.6 Å². The maximum atomic E-state index is 5.74. The third-order valence-electron chi connectivity index (χ3n) is 7.61. The molecule has 0 aromatic heterocycles. The first-order valence-electron chi connectivity index (χ1n) is 12.4. The Hall–Kier alpha value is 0.723. The summed E-state index contributed by atoms with van der Waals surface area (Å²) in [7, 11) is 11.4. The molecule has 3 aliphatic carbocycles. The molecule has 4 rings (SSSR count). The molecule has 0 saturated heterocycles. The summed E-state index contributed by atoms with van der Waals surface area (Å²) in [4.78, 5) is 0. The summed E-state index contributed by atoms with van der Waals surface area (Å²) in [5.74, 6) is 0. The second-order valence-electron chi connectivity index (χ2n) is 9.67. The molecule has 1 aromatic rings. The molecule has 0 heterocycles. The standard InChI is InChI=1S/C18H33P.C8H8.2ClH.Ru/c1-4-10-16(11-5-1)19(17-12-6-2-7-13-17)18-14-8-3-9-15-18;1-7-5-3-4-6-8(7)2;;;/h16-18H,1-15H2;1,3-6H,2H3;2*1H;/q;;;;+2/p-1. The van der Waals surface area contributed by atoms with Crippen molar-refractivity contribution in [1.29, 1.82) is 0 Å². The molecule has 0 aliphatic heterocycles. The van der Waals surface area contributed by atoms with E-state index in [-0.39, 0.29) is 7.92 Å². The summed E-state index contributed by atoms with van der Waals surface area (Å²) >= 11 is -1.64. The van der Waals surface area contributed by atoms with E-state index in [4.69, 9.17) is 19.4 Å². The average Bonchev–Trinajstić information content (AvgIpc) is 2.78. The molecule has 172 valence electrons. The molecule has 0 spiro atoms. The minimum atomic E-state index is -1.64. The number of hydrogen-bond acceptors (Lipinski definition) is 0. The van der Waals surface area contributed by atoms with Crippen LogP contribution in [0, 0.1) is 6.92 Å². The van der Waals surface area contributed by atoms with Gasteiger partial charge < -0.3 is 0 Å². The third-order valence-corrected chi connectivity index (χ3v) is 14.0. The summed E-state index contributed by atoms with van der Waals surface area (Å²) in [5.41, 5.74) is 6.07. The van der Waals surface area contributed by atoms with Gasteiger partial charge in [-0.05, 0) is 77.0 Å². The van der Waals surface area contributed by atoms with E-state index in [1.54, 1.807) is 96.3 Å². The summed E-state index contributed by atoms with van der Waals surface area (Å²) < 4.78 is 1.96. The molecule has 0 atom stereocenters. The maximum absolute atomic E-state index is 5.74. The van der Waals surface area contributed by atoms with Crippen molar-refractivity contribution < 1.29 is 13.5 Å². The van der Waals surface area contributed by atoms with E-state index in [9.17, 15) is 0 Å². The topological polar surface area (TPSA) is 0 Å². The normalized spacial score (nSPS) is 22.3. The zero-order chi connectivity index (χ0) is 21.2. The molecule has 30 heavy (non-hydrogen) atoms. The number of aryl methyl sites for hydroxylation is 1. The van der Waals surface area contributed by atoms with Crippen LogP contribution in [0.3, 0.4) is 0 Å². The SMILES string of the molecule is C1CCC([PH+](C2CCCCC2)C2CCCCC2)CC1.Cc1ccccc1[CH]=[Ru]([Cl])[Cl]. The van der Waals surface area contributed by atoms with Gasteiger partial charge >= 0.3 is 79.8 Å². The summed E-state index contributed by atoms with van der Waals surface area (Å²) in [5, 5.41) is 0. The molecule has 1 aromatic carbocycles. The predicted molar refractivity (Wildman–Crippen MR) is 137 cm³/mol. The molecule has 3 saturated carbocycles. The fourth-order valence-corrected chi connectivity index (χ4v) is 13.3. The van der Waals surface area contributed by atoms with E-state index in [0.29, 0.717) is 0 Å². The molecule has 0 radical (unpaired) electrons. The number of halogens is 2. The van der Waals surface area contributed by atoms with Gasteiger partial charge in [-0.15, -0.1) is 0 Å². The van der Waals surface area contributed by atoms with Crippen LogP contribution < -0.4 is 0 Å². The molecule has 0 bridgehead atoms. The first-order chi connectivity index (χ1) is 14.6. The average molecular weight is 558 g/mol. The fourth-order valence-electron chi connectivity index (χ4n) is 6.09. The van der Waals surface area contributed by atoms with Crippen molar-refractivity contribution >= 4 is 31.9 Å². The molecule has 0 N–H and O–H groups in total. The van der Waals surface area contributed by atoms with E-state index in [1.807, 2.05) is 22.8 Å². The zero-order valence-corrected chi connectivity index (χ0v) is 23.1. The van der Waals surface area contributed by atoms with Crippen molar-refractivity contribution in [3.63, 3.8) is 0 Å². The Morgan fingerprint density at radius 3 is 1.47 bits per heavy atom. The van der Waals surface area contributed by atoms with Crippen molar-refractivity contribution in [1.82, 2.24) is 0 Å². The zero-order valence-electron chi connectivity index (χ0n) is 18.8. The second-order valence-corrected chi connectivity index (χ2v) is 18.8. The van der Waals surface area contributed by atoms with E-state index < -0.39 is 13.5 Å². The van der Waals surface area contributed by atoms with Gasteiger partial charge in [-0.3, -0.25) is 0 Å². The van der Waals surface area contributed by atoms with Gasteiger partial charge in [-0.25, -0.2) is 0 Å². The molecule has 3 aliphatic rings. The van der Waals surface area contributed by atoms with Crippen LogP contribution in [-0.2, 0) is 13.5 Å². The second kappa shape index (κ2) is 14.1. The van der Waals surface area contributed by atoms with Gasteiger partial charge in [0.1, 0.15) is 0 Å². The van der Waals surface area contributed by atoms with Gasteiger partial charge in [0.05, 0.1) is 17.0 Å². The Morgan fingerprint density at radius 2 is 1.10 bits per heavy atom. The van der Waals surface area contributed by atoms with Gasteiger partial charge in [0.2, 0.25) is 0 Å². The van der Waals surface area contributed by atoms with Crippen molar-refractivity contribution in [2.75, 3.05) is 0 Å². The molecule has 0 unspecified atom stereocenters. The van der Waals surface area contributed by atoms with Gasteiger partial charge in [0, 0.05) is 7.92 Å². The van der Waals surface area contributed by atoms with Crippen molar-refractivity contribution in [3.8, 4) is 0 Å². The Bertz CT molecular complexity index is 597. The van der Waals surface area contributed by atoms with Crippen LogP contribution in [0.1, 0.15) is 107 Å². The third kappa shape index (κ3) is 8.25. The molecule has 0 amide bonds. The predicted octanol–water partition coefficient (Wildman–Crippen LogP) is 9.27. The molecular formula is C26H42Cl2PRu+. The molecule has 3 fully saturated rings.